The van der Waals surface area contributed by atoms with Gasteiger partial charge in [0, 0.05) is 20.4 Å². The van der Waals surface area contributed by atoms with Crippen LogP contribution >= 0.6 is 0 Å². The highest BCUT2D eigenvalue weighted by Gasteiger charge is 2.35. The summed E-state index contributed by atoms with van der Waals surface area (Å²) in [4.78, 5) is 25.5. The molecule has 0 saturated carbocycles. The maximum atomic E-state index is 12.7. The number of likely N-dealkylation sites (N-methyl/N-ethyl adjacent to an activating group) is 1. The van der Waals surface area contributed by atoms with Gasteiger partial charge in [-0.15, -0.1) is 0 Å². The third kappa shape index (κ3) is 3.61. The highest BCUT2D eigenvalue weighted by Crippen LogP contribution is 2.33. The van der Waals surface area contributed by atoms with Crippen molar-refractivity contribution >= 4 is 17.5 Å². The van der Waals surface area contributed by atoms with Gasteiger partial charge >= 0.3 is 0 Å². The van der Waals surface area contributed by atoms with E-state index in [0.717, 1.165) is 17.0 Å². The minimum absolute atomic E-state index is 0.0358. The molecule has 1 atom stereocenters. The Kier molecular flexibility index (Phi) is 5.06. The summed E-state index contributed by atoms with van der Waals surface area (Å²) in [7, 11) is 3.20. The molecule has 136 valence electrons. The third-order valence-corrected chi connectivity index (χ3v) is 4.37. The standard InChI is InChI=1S/C19H21N3O4/c1-13(23)21(2)12-19(24)22-17(18-5-4-10-26-18)11-16(20-22)14-6-8-15(25-3)9-7-14/h4-10,17H,11-12H2,1-3H3/t17-/m0/s1. The number of nitrogens with zero attached hydrogens (tertiary/aromatic N) is 3. The number of amides is 2. The van der Waals surface area contributed by atoms with Crippen molar-refractivity contribution in [2.24, 2.45) is 5.10 Å². The van der Waals surface area contributed by atoms with Gasteiger partial charge in [-0.05, 0) is 42.0 Å². The lowest BCUT2D eigenvalue weighted by atomic mass is 10.0. The number of furan rings is 1. The summed E-state index contributed by atoms with van der Waals surface area (Å²) < 4.78 is 10.7. The number of hydrogen-bond donors (Lipinski definition) is 0. The quantitative estimate of drug-likeness (QED) is 0.826. The molecular formula is C19H21N3O4. The Bertz CT molecular complexity index is 812. The summed E-state index contributed by atoms with van der Waals surface area (Å²) in [5.41, 5.74) is 1.70. The smallest absolute Gasteiger partial charge is 0.262 e. The molecule has 0 fully saturated rings. The Morgan fingerprint density at radius 2 is 2.04 bits per heavy atom. The third-order valence-electron chi connectivity index (χ3n) is 4.37. The molecule has 3 rings (SSSR count). The average Bonchev–Trinajstić information content (AvgIpc) is 3.31. The molecule has 26 heavy (non-hydrogen) atoms. The van der Waals surface area contributed by atoms with Gasteiger partial charge in [0.1, 0.15) is 24.1 Å². The second-order valence-electron chi connectivity index (χ2n) is 6.12. The van der Waals surface area contributed by atoms with Gasteiger partial charge in [-0.25, -0.2) is 5.01 Å². The predicted molar refractivity (Wildman–Crippen MR) is 95.8 cm³/mol. The first-order valence-electron chi connectivity index (χ1n) is 8.28. The van der Waals surface area contributed by atoms with Gasteiger partial charge in [-0.1, -0.05) is 0 Å². The lowest BCUT2D eigenvalue weighted by molar-refractivity contribution is -0.139. The summed E-state index contributed by atoms with van der Waals surface area (Å²) in [5, 5.41) is 5.94. The Morgan fingerprint density at radius 1 is 1.31 bits per heavy atom. The van der Waals surface area contributed by atoms with E-state index in [2.05, 4.69) is 5.10 Å². The largest absolute Gasteiger partial charge is 0.497 e. The fourth-order valence-corrected chi connectivity index (χ4v) is 2.79. The first-order chi connectivity index (χ1) is 12.5. The number of carbonyl (C=O) groups excluding carboxylic acids is 2. The molecule has 1 aromatic heterocycles. The van der Waals surface area contributed by atoms with Gasteiger partial charge in [0.05, 0.1) is 19.1 Å². The fraction of sp³-hybridized carbons (Fsp3) is 0.316. The molecule has 0 N–H and O–H groups in total. The maximum absolute atomic E-state index is 12.7. The second kappa shape index (κ2) is 7.43. The summed E-state index contributed by atoms with van der Waals surface area (Å²) >= 11 is 0. The van der Waals surface area contributed by atoms with Gasteiger partial charge in [0.2, 0.25) is 5.91 Å². The number of hydrogen-bond acceptors (Lipinski definition) is 5. The molecule has 1 aliphatic heterocycles. The number of benzene rings is 1. The van der Waals surface area contributed by atoms with Crippen molar-refractivity contribution in [3.63, 3.8) is 0 Å². The van der Waals surface area contributed by atoms with Crippen LogP contribution in [0.2, 0.25) is 0 Å². The molecule has 0 radical (unpaired) electrons. The van der Waals surface area contributed by atoms with Crippen LogP contribution in [0.1, 0.15) is 30.7 Å². The molecule has 7 nitrogen and oxygen atoms in total. The zero-order chi connectivity index (χ0) is 18.7. The Labute approximate surface area is 151 Å². The molecular weight excluding hydrogens is 334 g/mol. The molecule has 7 heteroatoms. The summed E-state index contributed by atoms with van der Waals surface area (Å²) in [6.45, 7) is 1.39. The van der Waals surface area contributed by atoms with Crippen molar-refractivity contribution < 1.29 is 18.7 Å². The SMILES string of the molecule is COc1ccc(C2=NN(C(=O)CN(C)C(C)=O)[C@H](c3ccco3)C2)cc1. The first-order valence-corrected chi connectivity index (χ1v) is 8.28. The monoisotopic (exact) mass is 355 g/mol. The van der Waals surface area contributed by atoms with Crippen LogP contribution < -0.4 is 4.74 Å². The van der Waals surface area contributed by atoms with Crippen molar-refractivity contribution in [3.8, 4) is 5.75 Å². The van der Waals surface area contributed by atoms with Crippen LogP contribution in [0.5, 0.6) is 5.75 Å². The molecule has 0 aliphatic carbocycles. The van der Waals surface area contributed by atoms with Gasteiger partial charge < -0.3 is 14.1 Å². The van der Waals surface area contributed by atoms with E-state index >= 15 is 0 Å². The summed E-state index contributed by atoms with van der Waals surface area (Å²) in [6, 6.07) is 10.8. The van der Waals surface area contributed by atoms with Crippen molar-refractivity contribution in [2.75, 3.05) is 20.7 Å². The van der Waals surface area contributed by atoms with Gasteiger partial charge in [0.25, 0.3) is 5.91 Å². The molecule has 2 aromatic rings. The number of ether oxygens (including phenoxy) is 1. The summed E-state index contributed by atoms with van der Waals surface area (Å²) in [5.74, 6) is 0.987. The van der Waals surface area contributed by atoms with Gasteiger partial charge in [-0.3, -0.25) is 9.59 Å². The lowest BCUT2D eigenvalue weighted by Gasteiger charge is -2.22. The first kappa shape index (κ1) is 17.7. The molecule has 0 saturated heterocycles. The van der Waals surface area contributed by atoms with E-state index in [1.807, 2.05) is 30.3 Å². The Morgan fingerprint density at radius 3 is 2.62 bits per heavy atom. The van der Waals surface area contributed by atoms with E-state index in [-0.39, 0.29) is 24.4 Å². The lowest BCUT2D eigenvalue weighted by Crippen LogP contribution is -2.38. The molecule has 1 aromatic carbocycles. The van der Waals surface area contributed by atoms with Crippen LogP contribution in [0.25, 0.3) is 0 Å². The van der Waals surface area contributed by atoms with Crippen LogP contribution in [0, 0.1) is 0 Å². The number of rotatable bonds is 5. The van der Waals surface area contributed by atoms with Crippen LogP contribution in [-0.4, -0.2) is 48.1 Å². The Balaban J connectivity index is 1.87. The zero-order valence-electron chi connectivity index (χ0n) is 15.0. The molecule has 1 aliphatic rings. The fourth-order valence-electron chi connectivity index (χ4n) is 2.79. The zero-order valence-corrected chi connectivity index (χ0v) is 15.0. The normalized spacial score (nSPS) is 16.3. The maximum Gasteiger partial charge on any atom is 0.262 e. The van der Waals surface area contributed by atoms with Crippen LogP contribution in [0.3, 0.4) is 0 Å². The van der Waals surface area contributed by atoms with E-state index in [4.69, 9.17) is 9.15 Å². The molecule has 2 amide bonds. The van der Waals surface area contributed by atoms with Gasteiger partial charge in [-0.2, -0.15) is 5.10 Å². The van der Waals surface area contributed by atoms with Crippen molar-refractivity contribution in [2.45, 2.75) is 19.4 Å². The van der Waals surface area contributed by atoms with Gasteiger partial charge in [0.15, 0.2) is 0 Å². The predicted octanol–water partition coefficient (Wildman–Crippen LogP) is 2.44. The van der Waals surface area contributed by atoms with Crippen LogP contribution in [0.4, 0.5) is 0 Å². The molecule has 0 unspecified atom stereocenters. The highest BCUT2D eigenvalue weighted by atomic mass is 16.5. The van der Waals surface area contributed by atoms with E-state index in [1.54, 1.807) is 26.5 Å². The van der Waals surface area contributed by atoms with E-state index in [0.29, 0.717) is 12.2 Å². The number of hydrazone groups is 1. The minimum atomic E-state index is -0.324. The van der Waals surface area contributed by atoms with Crippen molar-refractivity contribution in [1.82, 2.24) is 9.91 Å². The highest BCUT2D eigenvalue weighted by molar-refractivity contribution is 6.03. The molecule has 0 bridgehead atoms. The van der Waals surface area contributed by atoms with Crippen LogP contribution in [-0.2, 0) is 9.59 Å². The minimum Gasteiger partial charge on any atom is -0.497 e. The number of methoxy groups -OCH3 is 1. The summed E-state index contributed by atoms with van der Waals surface area (Å²) in [6.07, 6.45) is 2.11. The van der Waals surface area contributed by atoms with E-state index in [9.17, 15) is 9.59 Å². The molecule has 2 heterocycles. The van der Waals surface area contributed by atoms with Crippen LogP contribution in [0.15, 0.2) is 52.2 Å². The van der Waals surface area contributed by atoms with E-state index in [1.165, 1.54) is 16.8 Å². The Hall–Kier alpha value is -3.09. The van der Waals surface area contributed by atoms with Crippen molar-refractivity contribution in [1.29, 1.82) is 0 Å². The van der Waals surface area contributed by atoms with E-state index < -0.39 is 0 Å². The average molecular weight is 355 g/mol. The topological polar surface area (TPSA) is 75.3 Å². The molecule has 0 spiro atoms. The van der Waals surface area contributed by atoms with Crippen molar-refractivity contribution in [3.05, 3.63) is 54.0 Å². The number of carbonyl (C=O) groups is 2. The second-order valence-corrected chi connectivity index (χ2v) is 6.12.